The molecule has 2 amide bonds. The van der Waals surface area contributed by atoms with Gasteiger partial charge in [0.2, 0.25) is 10.0 Å². The molecule has 4 heterocycles. The Hall–Kier alpha value is -3.94. The van der Waals surface area contributed by atoms with Gasteiger partial charge in [0.05, 0.1) is 39.2 Å². The van der Waals surface area contributed by atoms with E-state index in [1.165, 1.54) is 4.31 Å². The molecule has 3 aliphatic rings. The molecule has 2 saturated heterocycles. The lowest BCUT2D eigenvalue weighted by atomic mass is 9.90. The number of piperidine rings is 2. The molecule has 3 aliphatic heterocycles. The summed E-state index contributed by atoms with van der Waals surface area (Å²) in [6.45, 7) is 7.88. The number of carbonyl (C=O) groups is 2. The Labute approximate surface area is 263 Å². The largest absolute Gasteiger partial charge is 0.393 e. The van der Waals surface area contributed by atoms with E-state index in [1.54, 1.807) is 35.9 Å². The van der Waals surface area contributed by atoms with E-state index in [-0.39, 0.29) is 22.9 Å². The number of anilines is 2. The van der Waals surface area contributed by atoms with E-state index >= 15 is 0 Å². The van der Waals surface area contributed by atoms with Gasteiger partial charge in [0.25, 0.3) is 11.8 Å². The number of rotatable bonds is 7. The topological polar surface area (TPSA) is 163 Å². The fourth-order valence-electron chi connectivity index (χ4n) is 6.64. The molecule has 0 unspecified atom stereocenters. The third-order valence-corrected chi connectivity index (χ3v) is 11.0. The summed E-state index contributed by atoms with van der Waals surface area (Å²) < 4.78 is 30.2. The maximum atomic E-state index is 13.5. The molecule has 1 aromatic heterocycles. The number of aliphatic hydroxyl groups is 1. The summed E-state index contributed by atoms with van der Waals surface area (Å²) in [5.41, 5.74) is 9.81. The lowest BCUT2D eigenvalue weighted by molar-refractivity contribution is 0.0894. The van der Waals surface area contributed by atoms with Gasteiger partial charge in [0.15, 0.2) is 0 Å². The summed E-state index contributed by atoms with van der Waals surface area (Å²) in [6.07, 6.45) is 2.81. The second-order valence-electron chi connectivity index (χ2n) is 13.0. The Morgan fingerprint density at radius 1 is 1.02 bits per heavy atom. The lowest BCUT2D eigenvalue weighted by Crippen LogP contribution is -2.49. The number of hydrogen-bond donors (Lipinski definition) is 4. The standard InChI is InChI=1S/C32H41N7O5S/c1-20-29-28(19-32(2,3)35-31(29)42)39(36-20)23-6-9-26(30(33)41)27(18-23)34-21-10-16-38(17-11-21)45(43,44)25-7-4-22(5-8-25)37-14-12-24(40)13-15-37/h4-9,18,21,24,34,40H,10-17,19H2,1-3H3,(H2,33,41)(H,35,42). The first-order chi connectivity index (χ1) is 21.3. The highest BCUT2D eigenvalue weighted by molar-refractivity contribution is 7.89. The van der Waals surface area contributed by atoms with Gasteiger partial charge in [-0.1, -0.05) is 0 Å². The van der Waals surface area contributed by atoms with Crippen LogP contribution in [0.5, 0.6) is 0 Å². The van der Waals surface area contributed by atoms with Crippen LogP contribution in [0.2, 0.25) is 0 Å². The second kappa shape index (κ2) is 11.8. The van der Waals surface area contributed by atoms with E-state index in [1.807, 2.05) is 32.0 Å². The Bertz CT molecular complexity index is 1720. The van der Waals surface area contributed by atoms with Gasteiger partial charge in [-0.05, 0) is 88.9 Å². The highest BCUT2D eigenvalue weighted by Crippen LogP contribution is 2.31. The van der Waals surface area contributed by atoms with Crippen LogP contribution in [0.15, 0.2) is 47.4 Å². The number of amides is 2. The van der Waals surface area contributed by atoms with E-state index < -0.39 is 21.5 Å². The Morgan fingerprint density at radius 2 is 1.67 bits per heavy atom. The average Bonchev–Trinajstić information content (AvgIpc) is 3.32. The van der Waals surface area contributed by atoms with Crippen molar-refractivity contribution in [2.45, 2.75) is 75.5 Å². The third kappa shape index (κ3) is 6.16. The number of sulfonamides is 1. The summed E-state index contributed by atoms with van der Waals surface area (Å²) in [4.78, 5) is 27.6. The number of aliphatic hydroxyl groups excluding tert-OH is 1. The van der Waals surface area contributed by atoms with E-state index in [0.29, 0.717) is 73.4 Å². The van der Waals surface area contributed by atoms with Gasteiger partial charge in [-0.3, -0.25) is 9.59 Å². The third-order valence-electron chi connectivity index (χ3n) is 9.08. The average molecular weight is 636 g/mol. The number of fused-ring (bicyclic) bond motifs is 1. The SMILES string of the molecule is Cc1nn(-c2ccc(C(N)=O)c(NC3CCN(S(=O)(=O)c4ccc(N5CCC(O)CC5)cc4)CC3)c2)c2c1C(=O)NC(C)(C)C2. The van der Waals surface area contributed by atoms with Crippen LogP contribution in [0.4, 0.5) is 11.4 Å². The maximum Gasteiger partial charge on any atom is 0.255 e. The van der Waals surface area contributed by atoms with Crippen LogP contribution < -0.4 is 21.3 Å². The number of aryl methyl sites for hydroxylation is 1. The predicted molar refractivity (Wildman–Crippen MR) is 171 cm³/mol. The van der Waals surface area contributed by atoms with Crippen molar-refractivity contribution in [3.63, 3.8) is 0 Å². The zero-order chi connectivity index (χ0) is 32.1. The van der Waals surface area contributed by atoms with Crippen LogP contribution in [0.3, 0.4) is 0 Å². The van der Waals surface area contributed by atoms with E-state index in [9.17, 15) is 23.1 Å². The molecule has 3 aromatic rings. The highest BCUT2D eigenvalue weighted by Gasteiger charge is 2.35. The van der Waals surface area contributed by atoms with Gasteiger partial charge in [-0.15, -0.1) is 0 Å². The minimum absolute atomic E-state index is 0.0837. The number of nitrogens with two attached hydrogens (primary N) is 1. The van der Waals surface area contributed by atoms with Crippen molar-refractivity contribution < 1.29 is 23.1 Å². The van der Waals surface area contributed by atoms with Gasteiger partial charge in [0.1, 0.15) is 0 Å². The zero-order valence-corrected chi connectivity index (χ0v) is 26.7. The second-order valence-corrected chi connectivity index (χ2v) is 14.9. The first kappa shape index (κ1) is 31.1. The molecule has 6 rings (SSSR count). The summed E-state index contributed by atoms with van der Waals surface area (Å²) >= 11 is 0. The quantitative estimate of drug-likeness (QED) is 0.308. The molecule has 45 heavy (non-hydrogen) atoms. The number of nitrogens with one attached hydrogen (secondary N) is 2. The number of hydrogen-bond acceptors (Lipinski definition) is 8. The van der Waals surface area contributed by atoms with Crippen molar-refractivity contribution in [2.75, 3.05) is 36.4 Å². The maximum absolute atomic E-state index is 13.5. The van der Waals surface area contributed by atoms with Crippen LogP contribution in [0.1, 0.15) is 71.6 Å². The van der Waals surface area contributed by atoms with E-state index in [4.69, 9.17) is 5.73 Å². The Kier molecular flexibility index (Phi) is 8.12. The minimum Gasteiger partial charge on any atom is -0.393 e. The molecule has 240 valence electrons. The minimum atomic E-state index is -3.67. The zero-order valence-electron chi connectivity index (χ0n) is 25.9. The van der Waals surface area contributed by atoms with Crippen molar-refractivity contribution in [3.8, 4) is 5.69 Å². The fourth-order valence-corrected chi connectivity index (χ4v) is 8.11. The molecule has 0 saturated carbocycles. The van der Waals surface area contributed by atoms with Gasteiger partial charge < -0.3 is 26.4 Å². The Morgan fingerprint density at radius 3 is 2.31 bits per heavy atom. The van der Waals surface area contributed by atoms with Crippen molar-refractivity contribution in [1.29, 1.82) is 0 Å². The van der Waals surface area contributed by atoms with E-state index in [0.717, 1.165) is 24.5 Å². The highest BCUT2D eigenvalue weighted by atomic mass is 32.2. The fraction of sp³-hybridized carbons (Fsp3) is 0.469. The molecule has 0 atom stereocenters. The van der Waals surface area contributed by atoms with Crippen LogP contribution in [-0.2, 0) is 16.4 Å². The van der Waals surface area contributed by atoms with Crippen molar-refractivity contribution in [3.05, 3.63) is 65.0 Å². The molecule has 0 spiro atoms. The van der Waals surface area contributed by atoms with Crippen molar-refractivity contribution in [1.82, 2.24) is 19.4 Å². The van der Waals surface area contributed by atoms with Crippen LogP contribution in [0, 0.1) is 6.92 Å². The van der Waals surface area contributed by atoms with Gasteiger partial charge in [-0.2, -0.15) is 9.40 Å². The van der Waals surface area contributed by atoms with E-state index in [2.05, 4.69) is 20.6 Å². The monoisotopic (exact) mass is 635 g/mol. The molecule has 12 nitrogen and oxygen atoms in total. The van der Waals surface area contributed by atoms with Crippen LogP contribution in [0.25, 0.3) is 5.69 Å². The molecular formula is C32H41N7O5S. The van der Waals surface area contributed by atoms with Gasteiger partial charge in [0, 0.05) is 55.6 Å². The van der Waals surface area contributed by atoms with Crippen LogP contribution in [-0.4, -0.2) is 83.3 Å². The van der Waals surface area contributed by atoms with Crippen molar-refractivity contribution >= 4 is 33.2 Å². The number of carbonyl (C=O) groups excluding carboxylic acids is 2. The molecule has 5 N–H and O–H groups in total. The number of nitrogens with zero attached hydrogens (tertiary/aromatic N) is 4. The molecule has 0 bridgehead atoms. The molecule has 0 aliphatic carbocycles. The summed E-state index contributed by atoms with van der Waals surface area (Å²) in [5.74, 6) is -0.732. The molecule has 0 radical (unpaired) electrons. The molecular weight excluding hydrogens is 594 g/mol. The summed E-state index contributed by atoms with van der Waals surface area (Å²) in [7, 11) is -3.67. The smallest absolute Gasteiger partial charge is 0.255 e. The lowest BCUT2D eigenvalue weighted by Gasteiger charge is -2.33. The number of primary amides is 1. The van der Waals surface area contributed by atoms with Gasteiger partial charge in [-0.25, -0.2) is 13.1 Å². The number of benzene rings is 2. The molecule has 2 aromatic carbocycles. The molecule has 2 fully saturated rings. The summed E-state index contributed by atoms with van der Waals surface area (Å²) in [6, 6.07) is 12.2. The predicted octanol–water partition coefficient (Wildman–Crippen LogP) is 2.57. The number of aromatic nitrogens is 2. The van der Waals surface area contributed by atoms with Crippen LogP contribution >= 0.6 is 0 Å². The Balaban J connectivity index is 1.16. The first-order valence-electron chi connectivity index (χ1n) is 15.5. The molecule has 13 heteroatoms. The summed E-state index contributed by atoms with van der Waals surface area (Å²) in [5, 5.41) is 20.9. The van der Waals surface area contributed by atoms with Crippen molar-refractivity contribution in [2.24, 2.45) is 5.73 Å². The normalized spacial score (nSPS) is 19.6. The van der Waals surface area contributed by atoms with Gasteiger partial charge >= 0.3 is 0 Å². The first-order valence-corrected chi connectivity index (χ1v) is 16.9.